The molecule has 0 aliphatic rings. The molecule has 0 radical (unpaired) electrons. The third kappa shape index (κ3) is 3.11. The van der Waals surface area contributed by atoms with E-state index in [-0.39, 0.29) is 5.69 Å². The number of rotatable bonds is 4. The molecular weight excluding hydrogens is 216 g/mol. The van der Waals surface area contributed by atoms with Gasteiger partial charge in [0, 0.05) is 5.69 Å². The molecule has 2 rings (SSSR count). The Morgan fingerprint density at radius 1 is 1.12 bits per heavy atom. The first-order valence-corrected chi connectivity index (χ1v) is 5.34. The minimum atomic E-state index is -1.02. The molecule has 0 atom stereocenters. The van der Waals surface area contributed by atoms with Crippen LogP contribution in [0.3, 0.4) is 0 Å². The highest BCUT2D eigenvalue weighted by Crippen LogP contribution is 2.05. The second kappa shape index (κ2) is 5.21. The lowest BCUT2D eigenvalue weighted by atomic mass is 10.1. The van der Waals surface area contributed by atoms with Crippen molar-refractivity contribution in [1.82, 2.24) is 9.97 Å². The van der Waals surface area contributed by atoms with Crippen LogP contribution in [0, 0.1) is 0 Å². The normalized spacial score (nSPS) is 10.1. The molecule has 0 aliphatic heterocycles. The summed E-state index contributed by atoms with van der Waals surface area (Å²) < 4.78 is 0. The quantitative estimate of drug-likeness (QED) is 0.868. The minimum Gasteiger partial charge on any atom is -0.477 e. The summed E-state index contributed by atoms with van der Waals surface area (Å²) in [6.45, 7) is 0. The molecule has 1 heterocycles. The number of carbonyl (C=O) groups is 1. The van der Waals surface area contributed by atoms with E-state index in [0.29, 0.717) is 6.42 Å². The number of hydrogen-bond acceptors (Lipinski definition) is 3. The lowest BCUT2D eigenvalue weighted by molar-refractivity contribution is 0.0690. The summed E-state index contributed by atoms with van der Waals surface area (Å²) in [5, 5.41) is 8.80. The van der Waals surface area contributed by atoms with Crippen LogP contribution in [0.1, 0.15) is 21.7 Å². The topological polar surface area (TPSA) is 63.1 Å². The first kappa shape index (κ1) is 11.3. The second-order valence-corrected chi connectivity index (χ2v) is 3.69. The van der Waals surface area contributed by atoms with Gasteiger partial charge in [-0.3, -0.25) is 0 Å². The summed E-state index contributed by atoms with van der Waals surface area (Å²) in [6, 6.07) is 11.5. The van der Waals surface area contributed by atoms with Crippen LogP contribution >= 0.6 is 0 Å². The number of hydrogen-bond donors (Lipinski definition) is 1. The van der Waals surface area contributed by atoms with Crippen LogP contribution in [0.5, 0.6) is 0 Å². The molecule has 0 spiro atoms. The van der Waals surface area contributed by atoms with Crippen LogP contribution in [0.25, 0.3) is 0 Å². The molecule has 86 valence electrons. The van der Waals surface area contributed by atoms with Crippen molar-refractivity contribution >= 4 is 5.97 Å². The third-order valence-electron chi connectivity index (χ3n) is 2.46. The number of nitrogens with zero attached hydrogens (tertiary/aromatic N) is 2. The largest absolute Gasteiger partial charge is 0.477 e. The lowest BCUT2D eigenvalue weighted by Crippen LogP contribution is -2.03. The van der Waals surface area contributed by atoms with Gasteiger partial charge in [-0.25, -0.2) is 14.8 Å². The highest BCUT2D eigenvalue weighted by Gasteiger charge is 2.05. The maximum atomic E-state index is 10.7. The van der Waals surface area contributed by atoms with Crippen molar-refractivity contribution in [3.05, 3.63) is 59.7 Å². The zero-order chi connectivity index (χ0) is 12.1. The Morgan fingerprint density at radius 2 is 1.88 bits per heavy atom. The van der Waals surface area contributed by atoms with E-state index in [1.54, 1.807) is 0 Å². The fourth-order valence-electron chi connectivity index (χ4n) is 1.57. The van der Waals surface area contributed by atoms with Crippen LogP contribution in [0.4, 0.5) is 0 Å². The van der Waals surface area contributed by atoms with Gasteiger partial charge in [-0.1, -0.05) is 30.3 Å². The molecule has 0 saturated heterocycles. The Balaban J connectivity index is 2.04. The number of carboxylic acids is 1. The molecule has 1 N–H and O–H groups in total. The molecule has 17 heavy (non-hydrogen) atoms. The van der Waals surface area contributed by atoms with Crippen LogP contribution in [0.15, 0.2) is 42.7 Å². The highest BCUT2D eigenvalue weighted by atomic mass is 16.4. The molecule has 2 aromatic rings. The van der Waals surface area contributed by atoms with Crippen LogP contribution in [0.2, 0.25) is 0 Å². The summed E-state index contributed by atoms with van der Waals surface area (Å²) in [5.41, 5.74) is 2.01. The number of aromatic carboxylic acids is 1. The van der Waals surface area contributed by atoms with Gasteiger partial charge in [0.05, 0.1) is 0 Å². The van der Waals surface area contributed by atoms with Gasteiger partial charge in [0.15, 0.2) is 5.69 Å². The zero-order valence-corrected chi connectivity index (χ0v) is 9.21. The van der Waals surface area contributed by atoms with Gasteiger partial charge in [0.2, 0.25) is 0 Å². The molecule has 0 bridgehead atoms. The average Bonchev–Trinajstić information content (AvgIpc) is 2.38. The summed E-state index contributed by atoms with van der Waals surface area (Å²) in [4.78, 5) is 18.5. The van der Waals surface area contributed by atoms with E-state index in [0.717, 1.165) is 12.1 Å². The Morgan fingerprint density at radius 3 is 2.59 bits per heavy atom. The summed E-state index contributed by atoms with van der Waals surface area (Å²) in [7, 11) is 0. The molecule has 0 saturated carbocycles. The third-order valence-corrected chi connectivity index (χ3v) is 2.46. The molecule has 1 aromatic carbocycles. The van der Waals surface area contributed by atoms with Crippen LogP contribution < -0.4 is 0 Å². The van der Waals surface area contributed by atoms with Crippen LogP contribution in [-0.2, 0) is 12.8 Å². The molecular formula is C13H12N2O2. The van der Waals surface area contributed by atoms with Gasteiger partial charge in [0.25, 0.3) is 0 Å². The van der Waals surface area contributed by atoms with Crippen LogP contribution in [-0.4, -0.2) is 21.0 Å². The van der Waals surface area contributed by atoms with Crippen molar-refractivity contribution in [1.29, 1.82) is 0 Å². The van der Waals surface area contributed by atoms with Gasteiger partial charge in [-0.2, -0.15) is 0 Å². The minimum absolute atomic E-state index is 0.0445. The molecule has 0 amide bonds. The van der Waals surface area contributed by atoms with E-state index in [1.165, 1.54) is 18.0 Å². The number of aryl methyl sites for hydroxylation is 2. The molecule has 0 unspecified atom stereocenters. The number of aromatic nitrogens is 2. The predicted molar refractivity (Wildman–Crippen MR) is 62.8 cm³/mol. The number of carboxylic acid groups (broad SMARTS) is 1. The van der Waals surface area contributed by atoms with Gasteiger partial charge >= 0.3 is 5.97 Å². The fraction of sp³-hybridized carbons (Fsp3) is 0.154. The second-order valence-electron chi connectivity index (χ2n) is 3.69. The van der Waals surface area contributed by atoms with Crippen molar-refractivity contribution in [2.45, 2.75) is 12.8 Å². The van der Waals surface area contributed by atoms with E-state index in [9.17, 15) is 4.79 Å². The van der Waals surface area contributed by atoms with E-state index in [2.05, 4.69) is 9.97 Å². The van der Waals surface area contributed by atoms with E-state index >= 15 is 0 Å². The summed E-state index contributed by atoms with van der Waals surface area (Å²) >= 11 is 0. The highest BCUT2D eigenvalue weighted by molar-refractivity contribution is 5.85. The Kier molecular flexibility index (Phi) is 3.45. The van der Waals surface area contributed by atoms with Crippen molar-refractivity contribution in [3.63, 3.8) is 0 Å². The molecule has 4 heteroatoms. The fourth-order valence-corrected chi connectivity index (χ4v) is 1.57. The van der Waals surface area contributed by atoms with Crippen molar-refractivity contribution in [2.75, 3.05) is 0 Å². The van der Waals surface area contributed by atoms with Crippen molar-refractivity contribution in [2.24, 2.45) is 0 Å². The summed E-state index contributed by atoms with van der Waals surface area (Å²) in [5.74, 6) is -1.02. The first-order chi connectivity index (χ1) is 8.25. The van der Waals surface area contributed by atoms with Gasteiger partial charge < -0.3 is 5.11 Å². The zero-order valence-electron chi connectivity index (χ0n) is 9.21. The lowest BCUT2D eigenvalue weighted by Gasteiger charge is -2.01. The van der Waals surface area contributed by atoms with E-state index < -0.39 is 5.97 Å². The van der Waals surface area contributed by atoms with Gasteiger partial charge in [-0.05, 0) is 24.5 Å². The predicted octanol–water partition coefficient (Wildman–Crippen LogP) is 1.96. The smallest absolute Gasteiger partial charge is 0.354 e. The van der Waals surface area contributed by atoms with Crippen molar-refractivity contribution < 1.29 is 9.90 Å². The monoisotopic (exact) mass is 228 g/mol. The SMILES string of the molecule is O=C(O)c1cc(CCc2ccccc2)ncn1. The number of benzene rings is 1. The average molecular weight is 228 g/mol. The Labute approximate surface area is 99.0 Å². The van der Waals surface area contributed by atoms with Gasteiger partial charge in [0.1, 0.15) is 6.33 Å². The van der Waals surface area contributed by atoms with Gasteiger partial charge in [-0.15, -0.1) is 0 Å². The molecule has 0 fully saturated rings. The maximum absolute atomic E-state index is 10.7. The Hall–Kier alpha value is -2.23. The maximum Gasteiger partial charge on any atom is 0.354 e. The van der Waals surface area contributed by atoms with E-state index in [4.69, 9.17) is 5.11 Å². The molecule has 4 nitrogen and oxygen atoms in total. The first-order valence-electron chi connectivity index (χ1n) is 5.34. The molecule has 0 aliphatic carbocycles. The molecule has 1 aromatic heterocycles. The van der Waals surface area contributed by atoms with E-state index in [1.807, 2.05) is 30.3 Å². The Bertz CT molecular complexity index is 512. The summed E-state index contributed by atoms with van der Waals surface area (Å²) in [6.07, 6.45) is 2.85. The van der Waals surface area contributed by atoms with Crippen molar-refractivity contribution in [3.8, 4) is 0 Å². The standard InChI is InChI=1S/C13H12N2O2/c16-13(17)12-8-11(14-9-15-12)7-6-10-4-2-1-3-5-10/h1-5,8-9H,6-7H2,(H,16,17).